The van der Waals surface area contributed by atoms with E-state index in [4.69, 9.17) is 0 Å². The molecule has 2 aliphatic heterocycles. The van der Waals surface area contributed by atoms with E-state index < -0.39 is 10.0 Å². The normalized spacial score (nSPS) is 23.9. The Morgan fingerprint density at radius 2 is 1.53 bits per heavy atom. The summed E-state index contributed by atoms with van der Waals surface area (Å²) in [6.45, 7) is 1.45. The maximum atomic E-state index is 12.7. The lowest BCUT2D eigenvalue weighted by Crippen LogP contribution is -2.35. The Bertz CT molecular complexity index is 987. The Morgan fingerprint density at radius 3 is 2.12 bits per heavy atom. The minimum absolute atomic E-state index is 0.0474. The van der Waals surface area contributed by atoms with Gasteiger partial charge in [0, 0.05) is 32.6 Å². The van der Waals surface area contributed by atoms with E-state index in [0.717, 1.165) is 24.8 Å². The van der Waals surface area contributed by atoms with Crippen molar-refractivity contribution in [3.63, 3.8) is 0 Å². The maximum absolute atomic E-state index is 12.7. The number of piperidine rings is 1. The largest absolute Gasteiger partial charge is 0.352 e. The van der Waals surface area contributed by atoms with E-state index in [1.807, 2.05) is 12.2 Å². The SMILES string of the molecule is O=C(CCN1C(=O)[C@H]2CC=CC[C@@H]2C1=O)NCc1ccc(S(=O)(=O)N2CCCCC2)cc1. The lowest BCUT2D eigenvalue weighted by Gasteiger charge is -2.25. The van der Waals surface area contributed by atoms with Crippen LogP contribution in [0.2, 0.25) is 0 Å². The highest BCUT2D eigenvalue weighted by Crippen LogP contribution is 2.35. The van der Waals surface area contributed by atoms with Crippen molar-refractivity contribution in [3.8, 4) is 0 Å². The van der Waals surface area contributed by atoms with Gasteiger partial charge in [-0.2, -0.15) is 4.31 Å². The first kappa shape index (κ1) is 22.7. The van der Waals surface area contributed by atoms with Crippen LogP contribution in [0.5, 0.6) is 0 Å². The van der Waals surface area contributed by atoms with E-state index in [2.05, 4.69) is 5.32 Å². The maximum Gasteiger partial charge on any atom is 0.243 e. The Hall–Kier alpha value is -2.52. The molecular formula is C23H29N3O5S. The number of nitrogens with one attached hydrogen (secondary N) is 1. The summed E-state index contributed by atoms with van der Waals surface area (Å²) in [5.41, 5.74) is 0.779. The average Bonchev–Trinajstić information content (AvgIpc) is 3.07. The molecule has 2 saturated heterocycles. The summed E-state index contributed by atoms with van der Waals surface area (Å²) in [5.74, 6) is -1.18. The molecule has 8 nitrogen and oxygen atoms in total. The first-order chi connectivity index (χ1) is 15.4. The van der Waals surface area contributed by atoms with Gasteiger partial charge in [0.05, 0.1) is 16.7 Å². The minimum Gasteiger partial charge on any atom is -0.352 e. The number of hydrogen-bond acceptors (Lipinski definition) is 5. The number of allylic oxidation sites excluding steroid dienone is 2. The van der Waals surface area contributed by atoms with Gasteiger partial charge in [0.25, 0.3) is 0 Å². The van der Waals surface area contributed by atoms with Crippen LogP contribution in [0.1, 0.15) is 44.1 Å². The van der Waals surface area contributed by atoms with Gasteiger partial charge in [0.15, 0.2) is 0 Å². The topological polar surface area (TPSA) is 104 Å². The highest BCUT2D eigenvalue weighted by Gasteiger charge is 2.46. The van der Waals surface area contributed by atoms with Crippen LogP contribution in [0.25, 0.3) is 0 Å². The average molecular weight is 460 g/mol. The van der Waals surface area contributed by atoms with Crippen LogP contribution in [0.4, 0.5) is 0 Å². The molecule has 172 valence electrons. The molecular weight excluding hydrogens is 430 g/mol. The van der Waals surface area contributed by atoms with Gasteiger partial charge in [-0.1, -0.05) is 30.7 Å². The number of carbonyl (C=O) groups excluding carboxylic acids is 3. The molecule has 2 heterocycles. The number of rotatable bonds is 7. The van der Waals surface area contributed by atoms with Crippen LogP contribution >= 0.6 is 0 Å². The summed E-state index contributed by atoms with van der Waals surface area (Å²) >= 11 is 0. The summed E-state index contributed by atoms with van der Waals surface area (Å²) in [4.78, 5) is 38.7. The highest BCUT2D eigenvalue weighted by molar-refractivity contribution is 7.89. The second-order valence-electron chi connectivity index (χ2n) is 8.62. The van der Waals surface area contributed by atoms with Crippen molar-refractivity contribution in [3.05, 3.63) is 42.0 Å². The van der Waals surface area contributed by atoms with Crippen molar-refractivity contribution in [1.82, 2.24) is 14.5 Å². The zero-order valence-electron chi connectivity index (χ0n) is 18.0. The molecule has 2 fully saturated rings. The van der Waals surface area contributed by atoms with E-state index in [-0.39, 0.29) is 54.0 Å². The molecule has 2 atom stereocenters. The smallest absolute Gasteiger partial charge is 0.243 e. The molecule has 9 heteroatoms. The zero-order chi connectivity index (χ0) is 22.7. The molecule has 0 bridgehead atoms. The van der Waals surface area contributed by atoms with Crippen molar-refractivity contribution >= 4 is 27.7 Å². The summed E-state index contributed by atoms with van der Waals surface area (Å²) in [7, 11) is -3.48. The number of nitrogens with zero attached hydrogens (tertiary/aromatic N) is 2. The lowest BCUT2D eigenvalue weighted by molar-refractivity contribution is -0.140. The van der Waals surface area contributed by atoms with Crippen molar-refractivity contribution in [2.24, 2.45) is 11.8 Å². The lowest BCUT2D eigenvalue weighted by atomic mass is 9.85. The van der Waals surface area contributed by atoms with E-state index >= 15 is 0 Å². The monoisotopic (exact) mass is 459 g/mol. The fourth-order valence-electron chi connectivity index (χ4n) is 4.63. The number of carbonyl (C=O) groups is 3. The number of fused-ring (bicyclic) bond motifs is 1. The van der Waals surface area contributed by atoms with Crippen LogP contribution in [-0.4, -0.2) is 55.0 Å². The molecule has 1 N–H and O–H groups in total. The number of benzene rings is 1. The predicted octanol–water partition coefficient (Wildman–Crippen LogP) is 1.82. The summed E-state index contributed by atoms with van der Waals surface area (Å²) in [6.07, 6.45) is 7.92. The van der Waals surface area contributed by atoms with Crippen LogP contribution in [0.3, 0.4) is 0 Å². The van der Waals surface area contributed by atoms with Crippen molar-refractivity contribution in [2.75, 3.05) is 19.6 Å². The first-order valence-corrected chi connectivity index (χ1v) is 12.7. The third-order valence-electron chi connectivity index (χ3n) is 6.53. The van der Waals surface area contributed by atoms with Gasteiger partial charge in [0.1, 0.15) is 0 Å². The van der Waals surface area contributed by atoms with Gasteiger partial charge in [-0.15, -0.1) is 0 Å². The molecule has 0 spiro atoms. The molecule has 0 unspecified atom stereocenters. The molecule has 3 amide bonds. The van der Waals surface area contributed by atoms with E-state index in [9.17, 15) is 22.8 Å². The van der Waals surface area contributed by atoms with Crippen LogP contribution in [0, 0.1) is 11.8 Å². The van der Waals surface area contributed by atoms with Gasteiger partial charge in [-0.3, -0.25) is 19.3 Å². The van der Waals surface area contributed by atoms with Crippen LogP contribution < -0.4 is 5.32 Å². The Labute approximate surface area is 188 Å². The van der Waals surface area contributed by atoms with Gasteiger partial charge < -0.3 is 5.32 Å². The quantitative estimate of drug-likeness (QED) is 0.495. The molecule has 3 aliphatic rings. The number of imide groups is 1. The summed E-state index contributed by atoms with van der Waals surface area (Å²) in [5, 5.41) is 2.78. The molecule has 0 aromatic heterocycles. The molecule has 0 saturated carbocycles. The molecule has 1 aliphatic carbocycles. The molecule has 4 rings (SSSR count). The van der Waals surface area contributed by atoms with Gasteiger partial charge in [0.2, 0.25) is 27.7 Å². The second-order valence-corrected chi connectivity index (χ2v) is 10.6. The molecule has 1 aromatic carbocycles. The third-order valence-corrected chi connectivity index (χ3v) is 8.44. The van der Waals surface area contributed by atoms with Crippen molar-refractivity contribution in [1.29, 1.82) is 0 Å². The Kier molecular flexibility index (Phi) is 6.76. The minimum atomic E-state index is -3.48. The van der Waals surface area contributed by atoms with Crippen LogP contribution in [-0.2, 0) is 31.0 Å². The van der Waals surface area contributed by atoms with Gasteiger partial charge in [-0.05, 0) is 43.4 Å². The number of likely N-dealkylation sites (tertiary alicyclic amines) is 1. The van der Waals surface area contributed by atoms with Gasteiger partial charge in [-0.25, -0.2) is 8.42 Å². The Balaban J connectivity index is 1.26. The van der Waals surface area contributed by atoms with Crippen molar-refractivity contribution < 1.29 is 22.8 Å². The number of amides is 3. The van der Waals surface area contributed by atoms with E-state index in [1.165, 1.54) is 9.21 Å². The van der Waals surface area contributed by atoms with E-state index in [0.29, 0.717) is 25.9 Å². The highest BCUT2D eigenvalue weighted by atomic mass is 32.2. The molecule has 0 radical (unpaired) electrons. The Morgan fingerprint density at radius 1 is 0.938 bits per heavy atom. The van der Waals surface area contributed by atoms with Crippen molar-refractivity contribution in [2.45, 2.75) is 50.0 Å². The first-order valence-electron chi connectivity index (χ1n) is 11.2. The zero-order valence-corrected chi connectivity index (χ0v) is 18.9. The second kappa shape index (κ2) is 9.54. The fourth-order valence-corrected chi connectivity index (χ4v) is 6.14. The standard InChI is InChI=1S/C23H29N3O5S/c27-21(12-15-26-22(28)19-6-2-3-7-20(19)23(26)29)24-16-17-8-10-18(11-9-17)32(30,31)25-13-4-1-5-14-25/h2-3,8-11,19-20H,1,4-7,12-16H2,(H,24,27)/t19-,20-/m0/s1. The number of hydrogen-bond donors (Lipinski definition) is 1. The van der Waals surface area contributed by atoms with E-state index in [1.54, 1.807) is 24.3 Å². The molecule has 1 aromatic rings. The van der Waals surface area contributed by atoms with Gasteiger partial charge >= 0.3 is 0 Å². The summed E-state index contributed by atoms with van der Waals surface area (Å²) < 4.78 is 27.0. The molecule has 32 heavy (non-hydrogen) atoms. The summed E-state index contributed by atoms with van der Waals surface area (Å²) in [6, 6.07) is 6.54. The van der Waals surface area contributed by atoms with Crippen LogP contribution in [0.15, 0.2) is 41.3 Å². The number of sulfonamides is 1. The third kappa shape index (κ3) is 4.63. The fraction of sp³-hybridized carbons (Fsp3) is 0.522. The predicted molar refractivity (Wildman–Crippen MR) is 118 cm³/mol.